The average molecular weight is 341 g/mol. The third kappa shape index (κ3) is 5.16. The molecule has 2 N–H and O–H groups in total. The van der Waals surface area contributed by atoms with Crippen LogP contribution in [-0.2, 0) is 6.54 Å². The predicted octanol–water partition coefficient (Wildman–Crippen LogP) is 2.69. The summed E-state index contributed by atoms with van der Waals surface area (Å²) >= 11 is 7.31. The van der Waals surface area contributed by atoms with Crippen LogP contribution >= 0.6 is 22.9 Å². The van der Waals surface area contributed by atoms with Crippen LogP contribution in [0.1, 0.15) is 15.6 Å². The van der Waals surface area contributed by atoms with Crippen molar-refractivity contribution in [1.29, 1.82) is 0 Å². The lowest BCUT2D eigenvalue weighted by Crippen LogP contribution is -2.37. The van der Waals surface area contributed by atoms with E-state index >= 15 is 0 Å². The second kappa shape index (κ2) is 7.95. The number of urea groups is 1. The molecule has 0 aliphatic heterocycles. The van der Waals surface area contributed by atoms with Gasteiger partial charge in [0.1, 0.15) is 11.6 Å². The Morgan fingerprint density at radius 3 is 2.82 bits per heavy atom. The fourth-order valence-corrected chi connectivity index (χ4v) is 2.59. The van der Waals surface area contributed by atoms with E-state index < -0.39 is 0 Å². The Hall–Kier alpha value is -1.86. The van der Waals surface area contributed by atoms with E-state index in [0.717, 1.165) is 10.7 Å². The molecule has 0 saturated carbocycles. The highest BCUT2D eigenvalue weighted by molar-refractivity contribution is 7.11. The van der Waals surface area contributed by atoms with Gasteiger partial charge < -0.3 is 15.4 Å². The molecule has 0 bridgehead atoms. The Kier molecular flexibility index (Phi) is 5.97. The van der Waals surface area contributed by atoms with Crippen LogP contribution in [0.5, 0.6) is 5.88 Å². The lowest BCUT2D eigenvalue weighted by molar-refractivity contribution is 0.235. The van der Waals surface area contributed by atoms with Crippen molar-refractivity contribution in [3.05, 3.63) is 38.9 Å². The number of nitrogens with one attached hydrogen (secondary N) is 2. The van der Waals surface area contributed by atoms with Crippen LogP contribution in [0.15, 0.2) is 18.3 Å². The van der Waals surface area contributed by atoms with Gasteiger partial charge in [-0.05, 0) is 19.9 Å². The van der Waals surface area contributed by atoms with Crippen LogP contribution in [0.2, 0.25) is 5.02 Å². The van der Waals surface area contributed by atoms with Crippen LogP contribution < -0.4 is 15.4 Å². The van der Waals surface area contributed by atoms with Gasteiger partial charge in [0, 0.05) is 17.1 Å². The van der Waals surface area contributed by atoms with Crippen LogP contribution in [0.4, 0.5) is 4.79 Å². The molecule has 2 amide bonds. The molecule has 22 heavy (non-hydrogen) atoms. The molecule has 6 nitrogen and oxygen atoms in total. The van der Waals surface area contributed by atoms with E-state index in [0.29, 0.717) is 30.6 Å². The number of carbonyl (C=O) groups excluding carboxylic acids is 1. The highest BCUT2D eigenvalue weighted by Gasteiger charge is 2.05. The molecule has 0 unspecified atom stereocenters. The van der Waals surface area contributed by atoms with Gasteiger partial charge in [0.25, 0.3) is 0 Å². The largest absolute Gasteiger partial charge is 0.476 e. The van der Waals surface area contributed by atoms with Gasteiger partial charge in [-0.2, -0.15) is 0 Å². The van der Waals surface area contributed by atoms with Crippen molar-refractivity contribution in [3.63, 3.8) is 0 Å². The summed E-state index contributed by atoms with van der Waals surface area (Å²) in [6.45, 7) is 5.10. The van der Waals surface area contributed by atoms with Crippen LogP contribution in [0.25, 0.3) is 0 Å². The molecular weight excluding hydrogens is 324 g/mol. The first-order chi connectivity index (χ1) is 10.5. The number of ether oxygens (including phenoxy) is 1. The molecule has 118 valence electrons. The van der Waals surface area contributed by atoms with E-state index in [9.17, 15) is 4.79 Å². The summed E-state index contributed by atoms with van der Waals surface area (Å²) in [6.07, 6.45) is 1.51. The van der Waals surface area contributed by atoms with Crippen molar-refractivity contribution in [2.24, 2.45) is 0 Å². The van der Waals surface area contributed by atoms with Gasteiger partial charge in [-0.25, -0.2) is 14.8 Å². The second-order valence-electron chi connectivity index (χ2n) is 4.52. The zero-order valence-corrected chi connectivity index (χ0v) is 13.9. The monoisotopic (exact) mass is 340 g/mol. The van der Waals surface area contributed by atoms with Gasteiger partial charge in [-0.1, -0.05) is 11.6 Å². The zero-order chi connectivity index (χ0) is 15.9. The minimum Gasteiger partial charge on any atom is -0.476 e. The molecule has 0 fully saturated rings. The van der Waals surface area contributed by atoms with Crippen molar-refractivity contribution in [2.45, 2.75) is 20.4 Å². The summed E-state index contributed by atoms with van der Waals surface area (Å²) in [4.78, 5) is 21.1. The molecule has 2 heterocycles. The third-order valence-electron chi connectivity index (χ3n) is 2.81. The van der Waals surface area contributed by atoms with E-state index in [4.69, 9.17) is 16.3 Å². The number of aromatic nitrogens is 2. The first-order valence-corrected chi connectivity index (χ1v) is 7.93. The Bertz CT molecular complexity index is 611. The zero-order valence-electron chi connectivity index (χ0n) is 12.4. The van der Waals surface area contributed by atoms with E-state index in [2.05, 4.69) is 20.6 Å². The van der Waals surface area contributed by atoms with Gasteiger partial charge in [0.05, 0.1) is 23.8 Å². The molecule has 0 aromatic carbocycles. The number of rotatable bonds is 6. The fraction of sp³-hybridized carbons (Fsp3) is 0.357. The second-order valence-corrected chi connectivity index (χ2v) is 6.25. The van der Waals surface area contributed by atoms with Crippen LogP contribution in [0, 0.1) is 13.8 Å². The molecule has 0 atom stereocenters. The first kappa shape index (κ1) is 16.5. The number of amides is 2. The lowest BCUT2D eigenvalue weighted by atomic mass is 10.4. The van der Waals surface area contributed by atoms with Gasteiger partial charge in [-0.15, -0.1) is 11.3 Å². The number of pyridine rings is 1. The van der Waals surface area contributed by atoms with Gasteiger partial charge in [-0.3, -0.25) is 0 Å². The van der Waals surface area contributed by atoms with Crippen molar-refractivity contribution in [1.82, 2.24) is 20.6 Å². The normalized spacial score (nSPS) is 10.3. The minimum atomic E-state index is -0.252. The molecule has 8 heteroatoms. The van der Waals surface area contributed by atoms with E-state index in [1.807, 2.05) is 13.8 Å². The molecular formula is C14H17ClN4O2S. The highest BCUT2D eigenvalue weighted by Crippen LogP contribution is 2.15. The summed E-state index contributed by atoms with van der Waals surface area (Å²) in [7, 11) is 0. The molecule has 2 rings (SSSR count). The fourth-order valence-electron chi connectivity index (χ4n) is 1.60. The predicted molar refractivity (Wildman–Crippen MR) is 86.6 cm³/mol. The molecule has 2 aromatic rings. The van der Waals surface area contributed by atoms with Gasteiger partial charge in [0.2, 0.25) is 5.88 Å². The maximum Gasteiger partial charge on any atom is 0.315 e. The van der Waals surface area contributed by atoms with Crippen LogP contribution in [0.3, 0.4) is 0 Å². The van der Waals surface area contributed by atoms with E-state index in [1.54, 1.807) is 23.5 Å². The number of aryl methyl sites for hydroxylation is 2. The Morgan fingerprint density at radius 2 is 2.18 bits per heavy atom. The van der Waals surface area contributed by atoms with Crippen molar-refractivity contribution in [2.75, 3.05) is 13.2 Å². The van der Waals surface area contributed by atoms with E-state index in [-0.39, 0.29) is 6.03 Å². The topological polar surface area (TPSA) is 76.1 Å². The molecule has 2 aromatic heterocycles. The number of nitrogens with zero attached hydrogens (tertiary/aromatic N) is 2. The summed E-state index contributed by atoms with van der Waals surface area (Å²) in [5.74, 6) is 0.473. The van der Waals surface area contributed by atoms with Gasteiger partial charge in [0.15, 0.2) is 0 Å². The third-order valence-corrected chi connectivity index (χ3v) is 4.11. The smallest absolute Gasteiger partial charge is 0.315 e. The Morgan fingerprint density at radius 1 is 1.36 bits per heavy atom. The summed E-state index contributed by atoms with van der Waals surface area (Å²) in [5, 5.41) is 6.91. The van der Waals surface area contributed by atoms with Crippen LogP contribution in [-0.4, -0.2) is 29.2 Å². The van der Waals surface area contributed by atoms with Gasteiger partial charge >= 0.3 is 6.03 Å². The molecule has 0 saturated heterocycles. The Labute approximate surface area is 137 Å². The Balaban J connectivity index is 1.62. The molecule has 0 spiro atoms. The van der Waals surface area contributed by atoms with Crippen molar-refractivity contribution in [3.8, 4) is 5.88 Å². The van der Waals surface area contributed by atoms with Crippen molar-refractivity contribution >= 4 is 29.0 Å². The maximum atomic E-state index is 11.6. The lowest BCUT2D eigenvalue weighted by Gasteiger charge is -2.07. The number of thiazole rings is 1. The summed E-state index contributed by atoms with van der Waals surface area (Å²) < 4.78 is 5.37. The molecule has 0 aliphatic carbocycles. The SMILES string of the molecule is Cc1nc(CNC(=O)NCCOc2ccc(Cl)cn2)sc1C. The first-order valence-electron chi connectivity index (χ1n) is 6.73. The van der Waals surface area contributed by atoms with E-state index in [1.165, 1.54) is 11.1 Å². The average Bonchev–Trinajstić information content (AvgIpc) is 2.82. The number of hydrogen-bond donors (Lipinski definition) is 2. The number of carbonyl (C=O) groups is 1. The molecule has 0 aliphatic rings. The minimum absolute atomic E-state index is 0.252. The standard InChI is InChI=1S/C14H17ClN4O2S/c1-9-10(2)22-13(19-9)8-18-14(20)16-5-6-21-12-4-3-11(15)7-17-12/h3-4,7H,5-6,8H2,1-2H3,(H2,16,18,20). The highest BCUT2D eigenvalue weighted by atomic mass is 35.5. The number of hydrogen-bond acceptors (Lipinski definition) is 5. The summed E-state index contributed by atoms with van der Waals surface area (Å²) in [5.41, 5.74) is 1.01. The summed E-state index contributed by atoms with van der Waals surface area (Å²) in [6, 6.07) is 3.12. The quantitative estimate of drug-likeness (QED) is 0.793. The van der Waals surface area contributed by atoms with Crippen molar-refractivity contribution < 1.29 is 9.53 Å². The number of halogens is 1. The molecule has 0 radical (unpaired) electrons. The maximum absolute atomic E-state index is 11.6.